The van der Waals surface area contributed by atoms with Gasteiger partial charge in [-0.1, -0.05) is 24.6 Å². The van der Waals surface area contributed by atoms with Crippen LogP contribution in [0, 0.1) is 0 Å². The highest BCUT2D eigenvalue weighted by atomic mass is 79.9. The molecule has 1 aromatic heterocycles. The predicted molar refractivity (Wildman–Crippen MR) is 86.9 cm³/mol. The summed E-state index contributed by atoms with van der Waals surface area (Å²) >= 11 is 8.98. The normalized spacial score (nSPS) is 11.2. The molecule has 2 rings (SSSR count). The van der Waals surface area contributed by atoms with E-state index < -0.39 is 15.7 Å². The summed E-state index contributed by atoms with van der Waals surface area (Å²) in [7, 11) is -3.59. The minimum absolute atomic E-state index is 0.0676. The second-order valence-electron chi connectivity index (χ2n) is 4.22. The van der Waals surface area contributed by atoms with Crippen molar-refractivity contribution in [2.24, 2.45) is 0 Å². The maximum Gasteiger partial charge on any atom is 0.275 e. The molecular formula is C13H11BrClN3O3S. The van der Waals surface area contributed by atoms with Crippen LogP contribution >= 0.6 is 27.5 Å². The lowest BCUT2D eigenvalue weighted by Gasteiger charge is -2.08. The summed E-state index contributed by atoms with van der Waals surface area (Å²) in [5.74, 6) is -0.714. The summed E-state index contributed by atoms with van der Waals surface area (Å²) in [5.41, 5.74) is 0.407. The number of carbonyl (C=O) groups is 1. The number of anilines is 1. The van der Waals surface area contributed by atoms with E-state index in [1.807, 2.05) is 0 Å². The number of amides is 1. The molecule has 1 amide bonds. The molecule has 0 unspecified atom stereocenters. The first-order chi connectivity index (χ1) is 10.3. The maximum absolute atomic E-state index is 12.2. The molecule has 116 valence electrons. The van der Waals surface area contributed by atoms with Crippen LogP contribution in [0.4, 0.5) is 5.69 Å². The molecule has 0 saturated carbocycles. The maximum atomic E-state index is 12.2. The second kappa shape index (κ2) is 6.72. The molecule has 0 aliphatic carbocycles. The Morgan fingerprint density at radius 2 is 2.14 bits per heavy atom. The van der Waals surface area contributed by atoms with Gasteiger partial charge in [-0.25, -0.2) is 18.4 Å². The summed E-state index contributed by atoms with van der Waals surface area (Å²) in [6, 6.07) is 6.57. The molecule has 0 aliphatic rings. The van der Waals surface area contributed by atoms with Crippen LogP contribution in [-0.2, 0) is 9.84 Å². The minimum atomic E-state index is -3.59. The molecule has 0 saturated heterocycles. The van der Waals surface area contributed by atoms with E-state index in [1.54, 1.807) is 24.3 Å². The lowest BCUT2D eigenvalue weighted by Crippen LogP contribution is -2.18. The fourth-order valence-electron chi connectivity index (χ4n) is 1.55. The van der Waals surface area contributed by atoms with E-state index in [0.717, 1.165) is 0 Å². The summed E-state index contributed by atoms with van der Waals surface area (Å²) in [4.78, 5) is 19.8. The summed E-state index contributed by atoms with van der Waals surface area (Å²) in [5, 5.41) is 2.68. The zero-order valence-electron chi connectivity index (χ0n) is 11.4. The molecule has 0 aliphatic heterocycles. The fraction of sp³-hybridized carbons (Fsp3) is 0.154. The Morgan fingerprint density at radius 1 is 1.41 bits per heavy atom. The highest BCUT2D eigenvalue weighted by Gasteiger charge is 2.20. The molecular weight excluding hydrogens is 394 g/mol. The van der Waals surface area contributed by atoms with Gasteiger partial charge in [-0.15, -0.1) is 0 Å². The van der Waals surface area contributed by atoms with Gasteiger partial charge in [0.2, 0.25) is 15.0 Å². The monoisotopic (exact) mass is 403 g/mol. The van der Waals surface area contributed by atoms with E-state index in [0.29, 0.717) is 15.2 Å². The number of nitrogens with zero attached hydrogens (tertiary/aromatic N) is 2. The molecule has 0 bridgehead atoms. The van der Waals surface area contributed by atoms with Crippen molar-refractivity contribution in [3.63, 3.8) is 0 Å². The van der Waals surface area contributed by atoms with Crippen LogP contribution in [0.2, 0.25) is 5.02 Å². The van der Waals surface area contributed by atoms with Crippen LogP contribution in [0.5, 0.6) is 0 Å². The second-order valence-corrected chi connectivity index (χ2v) is 7.68. The van der Waals surface area contributed by atoms with Crippen molar-refractivity contribution >= 4 is 49.0 Å². The highest BCUT2D eigenvalue weighted by Crippen LogP contribution is 2.19. The van der Waals surface area contributed by atoms with Gasteiger partial charge >= 0.3 is 0 Å². The number of benzene rings is 1. The minimum Gasteiger partial charge on any atom is -0.321 e. The Kier molecular flexibility index (Phi) is 5.15. The van der Waals surface area contributed by atoms with Gasteiger partial charge in [-0.2, -0.15) is 0 Å². The number of nitrogens with one attached hydrogen (secondary N) is 1. The number of rotatable bonds is 4. The Labute approximate surface area is 141 Å². The van der Waals surface area contributed by atoms with Gasteiger partial charge in [-0.3, -0.25) is 4.79 Å². The van der Waals surface area contributed by atoms with Crippen molar-refractivity contribution in [1.29, 1.82) is 0 Å². The van der Waals surface area contributed by atoms with Crippen LogP contribution < -0.4 is 5.32 Å². The fourth-order valence-corrected chi connectivity index (χ4v) is 2.81. The lowest BCUT2D eigenvalue weighted by molar-refractivity contribution is 0.102. The van der Waals surface area contributed by atoms with Crippen molar-refractivity contribution in [2.75, 3.05) is 11.1 Å². The number of aromatic nitrogens is 2. The van der Waals surface area contributed by atoms with E-state index in [2.05, 4.69) is 31.2 Å². The highest BCUT2D eigenvalue weighted by molar-refractivity contribution is 9.10. The SMILES string of the molecule is CCS(=O)(=O)c1ncc(Br)c(C(=O)Nc2cccc(Cl)c2)n1. The molecule has 1 heterocycles. The van der Waals surface area contributed by atoms with E-state index in [1.165, 1.54) is 13.1 Å². The Morgan fingerprint density at radius 3 is 2.77 bits per heavy atom. The zero-order chi connectivity index (χ0) is 16.3. The van der Waals surface area contributed by atoms with Crippen LogP contribution in [0.25, 0.3) is 0 Å². The molecule has 0 spiro atoms. The smallest absolute Gasteiger partial charge is 0.275 e. The molecule has 2 aromatic rings. The third-order valence-electron chi connectivity index (χ3n) is 2.68. The summed E-state index contributed by atoms with van der Waals surface area (Å²) < 4.78 is 23.9. The molecule has 6 nitrogen and oxygen atoms in total. The van der Waals surface area contributed by atoms with Gasteiger partial charge in [0, 0.05) is 16.9 Å². The van der Waals surface area contributed by atoms with Gasteiger partial charge in [0.1, 0.15) is 5.69 Å². The van der Waals surface area contributed by atoms with E-state index >= 15 is 0 Å². The molecule has 1 N–H and O–H groups in total. The molecule has 1 aromatic carbocycles. The first-order valence-electron chi connectivity index (χ1n) is 6.15. The largest absolute Gasteiger partial charge is 0.321 e. The first kappa shape index (κ1) is 16.9. The van der Waals surface area contributed by atoms with E-state index in [-0.39, 0.29) is 16.6 Å². The Bertz CT molecular complexity index is 827. The van der Waals surface area contributed by atoms with Crippen molar-refractivity contribution in [3.05, 3.63) is 45.7 Å². The van der Waals surface area contributed by atoms with Crippen LogP contribution in [-0.4, -0.2) is 30.0 Å². The van der Waals surface area contributed by atoms with Gasteiger partial charge < -0.3 is 5.32 Å². The third kappa shape index (κ3) is 3.82. The molecule has 22 heavy (non-hydrogen) atoms. The average Bonchev–Trinajstić information content (AvgIpc) is 2.47. The Balaban J connectivity index is 2.35. The predicted octanol–water partition coefficient (Wildman–Crippen LogP) is 2.94. The number of carbonyl (C=O) groups excluding carboxylic acids is 1. The van der Waals surface area contributed by atoms with Gasteiger partial charge in [0.15, 0.2) is 0 Å². The van der Waals surface area contributed by atoms with Gasteiger partial charge in [0.25, 0.3) is 5.91 Å². The quantitative estimate of drug-likeness (QED) is 0.791. The number of sulfone groups is 1. The van der Waals surface area contributed by atoms with Crippen molar-refractivity contribution in [3.8, 4) is 0 Å². The Hall–Kier alpha value is -1.51. The van der Waals surface area contributed by atoms with E-state index in [4.69, 9.17) is 11.6 Å². The third-order valence-corrected chi connectivity index (χ3v) is 5.01. The number of hydrogen-bond donors (Lipinski definition) is 1. The molecule has 0 fully saturated rings. The van der Waals surface area contributed by atoms with E-state index in [9.17, 15) is 13.2 Å². The van der Waals surface area contributed by atoms with Crippen molar-refractivity contribution in [1.82, 2.24) is 9.97 Å². The molecule has 0 atom stereocenters. The average molecular weight is 405 g/mol. The van der Waals surface area contributed by atoms with Crippen molar-refractivity contribution < 1.29 is 13.2 Å². The van der Waals surface area contributed by atoms with Crippen LogP contribution in [0.1, 0.15) is 17.4 Å². The van der Waals surface area contributed by atoms with Crippen LogP contribution in [0.15, 0.2) is 40.1 Å². The van der Waals surface area contributed by atoms with Crippen molar-refractivity contribution in [2.45, 2.75) is 12.1 Å². The molecule has 0 radical (unpaired) electrons. The molecule has 9 heteroatoms. The number of hydrogen-bond acceptors (Lipinski definition) is 5. The topological polar surface area (TPSA) is 89.0 Å². The van der Waals surface area contributed by atoms with Crippen LogP contribution in [0.3, 0.4) is 0 Å². The van der Waals surface area contributed by atoms with Gasteiger partial charge in [0.05, 0.1) is 10.2 Å². The number of halogens is 2. The summed E-state index contributed by atoms with van der Waals surface area (Å²) in [6.45, 7) is 1.48. The summed E-state index contributed by atoms with van der Waals surface area (Å²) in [6.07, 6.45) is 1.24. The standard InChI is InChI=1S/C13H11BrClN3O3S/c1-2-22(20,21)13-16-7-10(14)11(18-13)12(19)17-9-5-3-4-8(15)6-9/h3-7H,2H2,1H3,(H,17,19). The lowest BCUT2D eigenvalue weighted by atomic mass is 10.3. The first-order valence-corrected chi connectivity index (χ1v) is 8.98. The van der Waals surface area contributed by atoms with Gasteiger partial charge in [-0.05, 0) is 34.1 Å². The zero-order valence-corrected chi connectivity index (χ0v) is 14.5.